The highest BCUT2D eigenvalue weighted by atomic mass is 16.5. The summed E-state index contributed by atoms with van der Waals surface area (Å²) in [5, 5.41) is 14.3. The zero-order valence-corrected chi connectivity index (χ0v) is 14.4. The van der Waals surface area contributed by atoms with Gasteiger partial charge in [0.25, 0.3) is 0 Å². The minimum Gasteiger partial charge on any atom is -0.497 e. The number of methoxy groups -OCH3 is 2. The molecule has 1 saturated heterocycles. The Bertz CT molecular complexity index is 654. The third kappa shape index (κ3) is 3.40. The quantitative estimate of drug-likeness (QED) is 0.903. The van der Waals surface area contributed by atoms with Crippen LogP contribution in [0.4, 0.5) is 0 Å². The van der Waals surface area contributed by atoms with Crippen molar-refractivity contribution < 1.29 is 14.6 Å². The lowest BCUT2D eigenvalue weighted by Crippen LogP contribution is -2.43. The number of benzene rings is 2. The molecule has 3 rings (SSSR count). The minimum absolute atomic E-state index is 0.103. The summed E-state index contributed by atoms with van der Waals surface area (Å²) in [7, 11) is 3.33. The Morgan fingerprint density at radius 1 is 0.875 bits per heavy atom. The van der Waals surface area contributed by atoms with Gasteiger partial charge < -0.3 is 19.9 Å². The molecule has 0 unspecified atom stereocenters. The van der Waals surface area contributed by atoms with Gasteiger partial charge in [-0.1, -0.05) is 31.2 Å². The van der Waals surface area contributed by atoms with Crippen LogP contribution < -0.4 is 14.8 Å². The van der Waals surface area contributed by atoms with Gasteiger partial charge in [0.15, 0.2) is 0 Å². The summed E-state index contributed by atoms with van der Waals surface area (Å²) in [5.74, 6) is 1.83. The van der Waals surface area contributed by atoms with Gasteiger partial charge in [0, 0.05) is 18.0 Å². The molecule has 0 spiro atoms. The molecule has 4 heteroatoms. The van der Waals surface area contributed by atoms with Crippen LogP contribution in [0.2, 0.25) is 0 Å². The zero-order chi connectivity index (χ0) is 17.1. The fraction of sp³-hybridized carbons (Fsp3) is 0.400. The third-order valence-corrected chi connectivity index (χ3v) is 4.98. The van der Waals surface area contributed by atoms with Gasteiger partial charge in [-0.3, -0.25) is 0 Å². The van der Waals surface area contributed by atoms with E-state index in [1.165, 1.54) is 11.1 Å². The van der Waals surface area contributed by atoms with E-state index in [0.29, 0.717) is 6.42 Å². The van der Waals surface area contributed by atoms with Crippen molar-refractivity contribution in [2.45, 2.75) is 31.5 Å². The van der Waals surface area contributed by atoms with Gasteiger partial charge in [0.1, 0.15) is 11.5 Å². The van der Waals surface area contributed by atoms with Crippen LogP contribution in [0, 0.1) is 5.92 Å². The van der Waals surface area contributed by atoms with E-state index >= 15 is 0 Å². The molecule has 4 nitrogen and oxygen atoms in total. The molecular formula is C20H25NO3. The number of nitrogens with one attached hydrogen (secondary N) is 1. The number of aliphatic hydroxyl groups excluding tert-OH is 1. The summed E-state index contributed by atoms with van der Waals surface area (Å²) in [6.07, 6.45) is 0.366. The molecule has 2 aromatic rings. The summed E-state index contributed by atoms with van der Waals surface area (Å²) in [5.41, 5.74) is 2.33. The summed E-state index contributed by atoms with van der Waals surface area (Å²) < 4.78 is 10.5. The predicted octanol–water partition coefficient (Wildman–Crippen LogP) is 3.48. The fourth-order valence-corrected chi connectivity index (χ4v) is 3.39. The van der Waals surface area contributed by atoms with Crippen molar-refractivity contribution in [1.29, 1.82) is 0 Å². The van der Waals surface area contributed by atoms with Crippen LogP contribution >= 0.6 is 0 Å². The Morgan fingerprint density at radius 3 is 1.88 bits per heavy atom. The number of piperidine rings is 1. The van der Waals surface area contributed by atoms with Gasteiger partial charge in [0.05, 0.1) is 20.3 Å². The van der Waals surface area contributed by atoms with Crippen LogP contribution in [0.3, 0.4) is 0 Å². The number of hydrogen-bond acceptors (Lipinski definition) is 4. The first-order valence-corrected chi connectivity index (χ1v) is 8.34. The van der Waals surface area contributed by atoms with Crippen LogP contribution in [0.5, 0.6) is 11.5 Å². The SMILES string of the molecule is COc1ccc([C@@H]2C[C@H](O)[C@@H](C)[C@H](c3ccc(OC)cc3)N2)cc1. The van der Waals surface area contributed by atoms with Crippen LogP contribution in [-0.2, 0) is 0 Å². The molecule has 2 aromatic carbocycles. The Kier molecular flexibility index (Phi) is 5.07. The van der Waals surface area contributed by atoms with Crippen molar-refractivity contribution in [2.75, 3.05) is 14.2 Å². The molecule has 1 fully saturated rings. The first-order valence-electron chi connectivity index (χ1n) is 8.34. The maximum atomic E-state index is 10.6. The van der Waals surface area contributed by atoms with Gasteiger partial charge in [-0.05, 0) is 41.8 Å². The number of hydrogen-bond donors (Lipinski definition) is 2. The molecule has 0 radical (unpaired) electrons. The van der Waals surface area contributed by atoms with Gasteiger partial charge >= 0.3 is 0 Å². The monoisotopic (exact) mass is 327 g/mol. The van der Waals surface area contributed by atoms with Crippen LogP contribution in [0.25, 0.3) is 0 Å². The van der Waals surface area contributed by atoms with Crippen molar-refractivity contribution >= 4 is 0 Å². The molecule has 24 heavy (non-hydrogen) atoms. The normalized spacial score (nSPS) is 26.8. The summed E-state index contributed by atoms with van der Waals surface area (Å²) in [6, 6.07) is 16.3. The van der Waals surface area contributed by atoms with Gasteiger partial charge in [0.2, 0.25) is 0 Å². The average Bonchev–Trinajstić information content (AvgIpc) is 2.64. The lowest BCUT2D eigenvalue weighted by atomic mass is 9.81. The lowest BCUT2D eigenvalue weighted by molar-refractivity contribution is 0.0402. The van der Waals surface area contributed by atoms with Crippen molar-refractivity contribution in [2.24, 2.45) is 5.92 Å². The van der Waals surface area contributed by atoms with Crippen LogP contribution in [-0.4, -0.2) is 25.4 Å². The highest BCUT2D eigenvalue weighted by molar-refractivity contribution is 5.32. The maximum Gasteiger partial charge on any atom is 0.118 e. The summed E-state index contributed by atoms with van der Waals surface area (Å²) in [4.78, 5) is 0. The molecule has 1 heterocycles. The summed E-state index contributed by atoms with van der Waals surface area (Å²) >= 11 is 0. The second-order valence-electron chi connectivity index (χ2n) is 6.41. The smallest absolute Gasteiger partial charge is 0.118 e. The minimum atomic E-state index is -0.342. The first kappa shape index (κ1) is 16.8. The third-order valence-electron chi connectivity index (χ3n) is 4.98. The van der Waals surface area contributed by atoms with E-state index in [4.69, 9.17) is 9.47 Å². The van der Waals surface area contributed by atoms with E-state index in [-0.39, 0.29) is 24.1 Å². The van der Waals surface area contributed by atoms with Crippen molar-refractivity contribution in [3.05, 3.63) is 59.7 Å². The number of ether oxygens (including phenoxy) is 2. The Balaban J connectivity index is 1.82. The number of rotatable bonds is 4. The molecule has 128 valence electrons. The van der Waals surface area contributed by atoms with Crippen LogP contribution in [0.1, 0.15) is 36.6 Å². The van der Waals surface area contributed by atoms with Crippen molar-refractivity contribution in [3.63, 3.8) is 0 Å². The molecule has 0 aromatic heterocycles. The first-order chi connectivity index (χ1) is 11.6. The van der Waals surface area contributed by atoms with E-state index in [1.807, 2.05) is 24.3 Å². The van der Waals surface area contributed by atoms with E-state index in [2.05, 4.69) is 36.5 Å². The predicted molar refractivity (Wildman–Crippen MR) is 94.4 cm³/mol. The number of aliphatic hydroxyl groups is 1. The van der Waals surface area contributed by atoms with Gasteiger partial charge in [-0.15, -0.1) is 0 Å². The topological polar surface area (TPSA) is 50.7 Å². The standard InChI is InChI=1S/C20H25NO3/c1-13-19(22)12-18(14-4-8-16(23-2)9-5-14)21-20(13)15-6-10-17(24-3)11-7-15/h4-11,13,18-22H,12H2,1-3H3/t13-,18+,19+,20-/m1/s1. The molecule has 2 N–H and O–H groups in total. The highest BCUT2D eigenvalue weighted by Gasteiger charge is 2.35. The molecule has 0 amide bonds. The van der Waals surface area contributed by atoms with E-state index < -0.39 is 0 Å². The van der Waals surface area contributed by atoms with Crippen molar-refractivity contribution in [1.82, 2.24) is 5.32 Å². The van der Waals surface area contributed by atoms with E-state index in [9.17, 15) is 5.11 Å². The van der Waals surface area contributed by atoms with Crippen molar-refractivity contribution in [3.8, 4) is 11.5 Å². The largest absolute Gasteiger partial charge is 0.497 e. The Hall–Kier alpha value is -2.04. The second-order valence-corrected chi connectivity index (χ2v) is 6.41. The fourth-order valence-electron chi connectivity index (χ4n) is 3.39. The molecule has 4 atom stereocenters. The Morgan fingerprint density at radius 2 is 1.38 bits per heavy atom. The van der Waals surface area contributed by atoms with Gasteiger partial charge in [-0.25, -0.2) is 0 Å². The van der Waals surface area contributed by atoms with Gasteiger partial charge in [-0.2, -0.15) is 0 Å². The molecular weight excluding hydrogens is 302 g/mol. The maximum absolute atomic E-state index is 10.6. The van der Waals surface area contributed by atoms with E-state index in [1.54, 1.807) is 14.2 Å². The summed E-state index contributed by atoms with van der Waals surface area (Å²) in [6.45, 7) is 2.09. The second kappa shape index (κ2) is 7.24. The molecule has 1 aliphatic heterocycles. The average molecular weight is 327 g/mol. The molecule has 0 bridgehead atoms. The lowest BCUT2D eigenvalue weighted by Gasteiger charge is -2.40. The molecule has 0 saturated carbocycles. The molecule has 1 aliphatic rings. The molecule has 0 aliphatic carbocycles. The zero-order valence-electron chi connectivity index (χ0n) is 14.4. The van der Waals surface area contributed by atoms with E-state index in [0.717, 1.165) is 11.5 Å². The van der Waals surface area contributed by atoms with Crippen LogP contribution in [0.15, 0.2) is 48.5 Å². The highest BCUT2D eigenvalue weighted by Crippen LogP contribution is 2.37. The Labute approximate surface area is 143 Å².